The number of aliphatic hydroxyl groups is 3. The van der Waals surface area contributed by atoms with Crippen molar-refractivity contribution in [3.63, 3.8) is 0 Å². The Morgan fingerprint density at radius 2 is 1.65 bits per heavy atom. The molecule has 4 aliphatic rings. The summed E-state index contributed by atoms with van der Waals surface area (Å²) >= 11 is 0. The van der Waals surface area contributed by atoms with E-state index in [0.29, 0.717) is 6.42 Å². The van der Waals surface area contributed by atoms with Gasteiger partial charge in [0.25, 0.3) is 0 Å². The van der Waals surface area contributed by atoms with Gasteiger partial charge in [-0.2, -0.15) is 0 Å². The van der Waals surface area contributed by atoms with Gasteiger partial charge >= 0.3 is 11.9 Å². The van der Waals surface area contributed by atoms with E-state index in [4.69, 9.17) is 4.74 Å². The second-order valence-electron chi connectivity index (χ2n) is 14.7. The largest absolute Gasteiger partial charge is 0.508 e. The molecule has 4 aliphatic carbocycles. The van der Waals surface area contributed by atoms with Crippen LogP contribution >= 0.6 is 0 Å². The van der Waals surface area contributed by atoms with Crippen LogP contribution in [0.1, 0.15) is 96.2 Å². The average Bonchev–Trinajstić information content (AvgIpc) is 3.06. The first-order valence-corrected chi connectivity index (χ1v) is 17.0. The lowest BCUT2D eigenvalue weighted by atomic mass is 9.41. The molecule has 272 valence electrons. The van der Waals surface area contributed by atoms with Crippen molar-refractivity contribution in [1.82, 2.24) is 0 Å². The monoisotopic (exact) mass is 706 g/mol. The molecule has 0 saturated heterocycles. The molecule has 0 amide bonds. The molecular formula is C38H42O13. The fourth-order valence-corrected chi connectivity index (χ4v) is 9.64. The minimum Gasteiger partial charge on any atom is -0.508 e. The van der Waals surface area contributed by atoms with Crippen LogP contribution in [0.2, 0.25) is 0 Å². The van der Waals surface area contributed by atoms with Crippen LogP contribution in [0.4, 0.5) is 0 Å². The molecule has 0 radical (unpaired) electrons. The number of aromatic hydroxyl groups is 4. The molecule has 13 heteroatoms. The number of carboxylic acids is 1. The van der Waals surface area contributed by atoms with E-state index in [1.807, 2.05) is 26.0 Å². The van der Waals surface area contributed by atoms with E-state index in [9.17, 15) is 60.0 Å². The number of allylic oxidation sites excluding steroid dienone is 3. The zero-order valence-corrected chi connectivity index (χ0v) is 28.4. The number of ether oxygens (including phenoxy) is 1. The van der Waals surface area contributed by atoms with Crippen molar-refractivity contribution < 1.29 is 64.8 Å². The van der Waals surface area contributed by atoms with Gasteiger partial charge in [0, 0.05) is 29.2 Å². The highest BCUT2D eigenvalue weighted by atomic mass is 16.5. The minimum absolute atomic E-state index is 0.0298. The number of hydrogen-bond acceptors (Lipinski definition) is 12. The Labute approximate surface area is 293 Å². The quantitative estimate of drug-likeness (QED) is 0.165. The van der Waals surface area contributed by atoms with E-state index in [0.717, 1.165) is 23.8 Å². The van der Waals surface area contributed by atoms with Gasteiger partial charge in [-0.1, -0.05) is 32.1 Å². The van der Waals surface area contributed by atoms with E-state index in [2.05, 4.69) is 0 Å². The first-order chi connectivity index (χ1) is 24.0. The van der Waals surface area contributed by atoms with Crippen molar-refractivity contribution in [1.29, 1.82) is 0 Å². The van der Waals surface area contributed by atoms with Gasteiger partial charge in [-0.3, -0.25) is 19.2 Å². The van der Waals surface area contributed by atoms with Crippen molar-refractivity contribution in [3.05, 3.63) is 69.8 Å². The molecule has 0 aromatic heterocycles. The fraction of sp³-hybridized carbons (Fsp3) is 0.474. The average molecular weight is 707 g/mol. The van der Waals surface area contributed by atoms with E-state index in [1.54, 1.807) is 6.08 Å². The van der Waals surface area contributed by atoms with Gasteiger partial charge in [0.1, 0.15) is 34.5 Å². The Morgan fingerprint density at radius 1 is 0.961 bits per heavy atom. The van der Waals surface area contributed by atoms with Gasteiger partial charge in [0.05, 0.1) is 34.8 Å². The Kier molecular flexibility index (Phi) is 8.84. The van der Waals surface area contributed by atoms with Crippen LogP contribution in [-0.2, 0) is 14.3 Å². The van der Waals surface area contributed by atoms with Crippen molar-refractivity contribution in [3.8, 4) is 23.0 Å². The van der Waals surface area contributed by atoms with E-state index in [-0.39, 0.29) is 49.2 Å². The summed E-state index contributed by atoms with van der Waals surface area (Å²) in [4.78, 5) is 54.2. The lowest BCUT2D eigenvalue weighted by Crippen LogP contribution is -2.72. The summed E-state index contributed by atoms with van der Waals surface area (Å²) in [7, 11) is 0. The summed E-state index contributed by atoms with van der Waals surface area (Å²) in [6.45, 7) is 4.45. The Balaban J connectivity index is 1.37. The first kappa shape index (κ1) is 36.1. The van der Waals surface area contributed by atoms with Gasteiger partial charge in [-0.05, 0) is 74.5 Å². The highest BCUT2D eigenvalue weighted by Crippen LogP contribution is 2.66. The maximum Gasteiger partial charge on any atom is 0.316 e. The van der Waals surface area contributed by atoms with Crippen molar-refractivity contribution in [2.45, 2.75) is 70.5 Å². The third-order valence-corrected chi connectivity index (χ3v) is 12.5. The Bertz CT molecular complexity index is 1910. The summed E-state index contributed by atoms with van der Waals surface area (Å²) in [5.74, 6) is -9.27. The van der Waals surface area contributed by atoms with Crippen LogP contribution in [0.25, 0.3) is 0 Å². The second-order valence-corrected chi connectivity index (χ2v) is 14.7. The maximum absolute atomic E-state index is 14.0. The molecule has 0 aliphatic heterocycles. The fourth-order valence-electron chi connectivity index (χ4n) is 9.64. The Hall–Kier alpha value is -4.72. The molecule has 2 aromatic carbocycles. The molecule has 2 fully saturated rings. The van der Waals surface area contributed by atoms with Crippen LogP contribution in [0.3, 0.4) is 0 Å². The smallest absolute Gasteiger partial charge is 0.316 e. The predicted molar refractivity (Wildman–Crippen MR) is 178 cm³/mol. The molecule has 2 aromatic rings. The molecule has 8 N–H and O–H groups in total. The van der Waals surface area contributed by atoms with Gasteiger partial charge in [0.2, 0.25) is 5.78 Å². The first-order valence-electron chi connectivity index (χ1n) is 17.0. The summed E-state index contributed by atoms with van der Waals surface area (Å²) in [5.41, 5.74) is -6.40. The van der Waals surface area contributed by atoms with Crippen molar-refractivity contribution in [2.75, 3.05) is 13.2 Å². The maximum atomic E-state index is 14.0. The van der Waals surface area contributed by atoms with E-state index >= 15 is 0 Å². The third-order valence-electron chi connectivity index (χ3n) is 12.5. The molecular weight excluding hydrogens is 664 g/mol. The Morgan fingerprint density at radius 3 is 2.29 bits per heavy atom. The molecule has 2 saturated carbocycles. The topological polar surface area (TPSA) is 239 Å². The number of benzene rings is 2. The molecule has 1 unspecified atom stereocenters. The highest BCUT2D eigenvalue weighted by Gasteiger charge is 2.72. The molecule has 6 rings (SSSR count). The summed E-state index contributed by atoms with van der Waals surface area (Å²) < 4.78 is 5.91. The second kappa shape index (κ2) is 12.5. The van der Waals surface area contributed by atoms with Crippen LogP contribution in [0, 0.1) is 28.6 Å². The molecule has 0 bridgehead atoms. The highest BCUT2D eigenvalue weighted by molar-refractivity contribution is 6.30. The molecule has 0 spiro atoms. The zero-order valence-electron chi connectivity index (χ0n) is 28.4. The number of phenolic OH excluding ortho intramolecular Hbond substituents is 4. The van der Waals surface area contributed by atoms with E-state index < -0.39 is 110 Å². The molecule has 13 nitrogen and oxygen atoms in total. The van der Waals surface area contributed by atoms with Crippen molar-refractivity contribution in [2.24, 2.45) is 28.6 Å². The van der Waals surface area contributed by atoms with Crippen LogP contribution in [0.5, 0.6) is 23.0 Å². The number of esters is 1. The van der Waals surface area contributed by atoms with Crippen LogP contribution in [0.15, 0.2) is 42.0 Å². The van der Waals surface area contributed by atoms with Crippen LogP contribution in [-0.4, -0.2) is 89.3 Å². The van der Waals surface area contributed by atoms with E-state index in [1.165, 1.54) is 6.92 Å². The third kappa shape index (κ3) is 5.00. The molecule has 8 atom stereocenters. The predicted octanol–water partition coefficient (Wildman–Crippen LogP) is 3.44. The van der Waals surface area contributed by atoms with Gasteiger partial charge in [-0.25, -0.2) is 0 Å². The lowest BCUT2D eigenvalue weighted by Gasteiger charge is -2.65. The number of carbonyl (C=O) groups is 4. The number of carboxylic acid groups (broad SMARTS) is 1. The van der Waals surface area contributed by atoms with Crippen molar-refractivity contribution >= 4 is 23.5 Å². The molecule has 51 heavy (non-hydrogen) atoms. The lowest BCUT2D eigenvalue weighted by molar-refractivity contribution is -0.270. The normalized spacial score (nSPS) is 32.4. The summed E-state index contributed by atoms with van der Waals surface area (Å²) in [6, 6.07) is 2.66. The zero-order chi connectivity index (χ0) is 37.4. The number of phenols is 4. The summed E-state index contributed by atoms with van der Waals surface area (Å²) in [5, 5.41) is 85.6. The van der Waals surface area contributed by atoms with Crippen LogP contribution < -0.4 is 0 Å². The van der Waals surface area contributed by atoms with Gasteiger partial charge in [0.15, 0.2) is 5.78 Å². The standard InChI is InChI=1S/C38H42O13/c1-17-18(8-12-39)4-5-24-20(17)6-11-38(50)36(24,2)10-7-27(37(38,3)35(48)49)51-34(47)21(9-13-40)28-26(43)16-23-30(32(28)45)33(46)29-22(31(23)44)14-19(41)15-25(29)42/h4-5,8,14-17,20-21,24,27,39-43,45,50H,6-7,9-13H2,1-3H3,(H,48,49)/b18-8-/t17-,20-,21?,24-,27+,36+,37+,38-/m0/s1. The van der Waals surface area contributed by atoms with Gasteiger partial charge in [-0.15, -0.1) is 0 Å². The number of rotatable bonds is 7. The number of carbonyl (C=O) groups excluding carboxylic acids is 3. The SMILES string of the molecule is C[C@H]1/C(=C\CO)C=C[C@H]2[C@H]1CC[C@@]1(O)[C@@](C)(C(=O)O)[C@H](OC(=O)C(CCO)c3c(O)cc4c(c3O)C(=O)c3c(O)cc(O)cc3C4=O)CC[C@]21C. The number of ketones is 2. The summed E-state index contributed by atoms with van der Waals surface area (Å²) in [6.07, 6.45) is 4.62. The minimum atomic E-state index is -2.03. The number of fused-ring (bicyclic) bond motifs is 5. The molecule has 0 heterocycles. The number of aliphatic hydroxyl groups excluding tert-OH is 2. The van der Waals surface area contributed by atoms with Gasteiger partial charge < -0.3 is 45.6 Å². The number of hydrogen-bond donors (Lipinski definition) is 8. The number of aliphatic carboxylic acids is 1.